The number of Topliss-reactive ketones (excluding diaryl/α,β-unsaturated/α-hetero) is 2. The van der Waals surface area contributed by atoms with Crippen molar-refractivity contribution >= 4 is 23.5 Å². The summed E-state index contributed by atoms with van der Waals surface area (Å²) < 4.78 is 18.7. The van der Waals surface area contributed by atoms with Gasteiger partial charge in [-0.1, -0.05) is 27.4 Å². The third-order valence-electron chi connectivity index (χ3n) is 11.1. The Morgan fingerprint density at radius 2 is 1.81 bits per heavy atom. The van der Waals surface area contributed by atoms with Gasteiger partial charge in [-0.15, -0.1) is 0 Å². The van der Waals surface area contributed by atoms with Crippen LogP contribution < -0.4 is 0 Å². The van der Waals surface area contributed by atoms with Crippen molar-refractivity contribution in [1.82, 2.24) is 4.90 Å². The van der Waals surface area contributed by atoms with Crippen LogP contribution in [0.1, 0.15) is 59.8 Å². The van der Waals surface area contributed by atoms with Crippen molar-refractivity contribution in [2.75, 3.05) is 13.6 Å². The molecule has 0 aromatic carbocycles. The quantitative estimate of drug-likeness (QED) is 0.430. The zero-order valence-electron chi connectivity index (χ0n) is 21.9. The molecule has 0 amide bonds. The first-order chi connectivity index (χ1) is 16.9. The molecule has 3 saturated heterocycles. The van der Waals surface area contributed by atoms with Gasteiger partial charge in [-0.05, 0) is 43.7 Å². The molecule has 3 aliphatic heterocycles. The molecule has 36 heavy (non-hydrogen) atoms. The molecule has 11 atom stereocenters. The Morgan fingerprint density at radius 3 is 2.47 bits per heavy atom. The first-order valence-electron chi connectivity index (χ1n) is 13.4. The van der Waals surface area contributed by atoms with Gasteiger partial charge in [0.05, 0.1) is 12.0 Å². The van der Waals surface area contributed by atoms with E-state index >= 15 is 0 Å². The van der Waals surface area contributed by atoms with E-state index in [1.165, 1.54) is 6.92 Å². The van der Waals surface area contributed by atoms with E-state index in [1.54, 1.807) is 0 Å². The van der Waals surface area contributed by atoms with Crippen molar-refractivity contribution in [3.8, 4) is 0 Å². The van der Waals surface area contributed by atoms with E-state index in [1.807, 2.05) is 20.9 Å². The molecule has 0 unspecified atom stereocenters. The number of nitrogens with zero attached hydrogens (tertiary/aromatic N) is 1. The molecule has 7 bridgehead atoms. The Bertz CT molecular complexity index is 1090. The SMILES string of the molecule is C=C1[C@@H]2C[C@H]3[C@@]45CC(=O)[C@@H](OC(C)=O)[C@@]6(C)CN(C)[C@H]4O[C@H](C[C@H]65)[C@]3(CC2=O)[C@H]1OC(=O)[C@@H](C)CC. The average molecular weight is 500 g/mol. The van der Waals surface area contributed by atoms with Crippen LogP contribution in [0, 0.1) is 39.9 Å². The van der Waals surface area contributed by atoms with Crippen LogP contribution in [0.5, 0.6) is 0 Å². The van der Waals surface area contributed by atoms with Gasteiger partial charge in [0.1, 0.15) is 18.1 Å². The van der Waals surface area contributed by atoms with Gasteiger partial charge in [0.15, 0.2) is 11.9 Å². The van der Waals surface area contributed by atoms with Crippen LogP contribution in [0.3, 0.4) is 0 Å². The number of hydrogen-bond donors (Lipinski definition) is 0. The number of piperidine rings is 1. The molecule has 8 nitrogen and oxygen atoms in total. The molecular weight excluding hydrogens is 462 g/mol. The Morgan fingerprint density at radius 1 is 1.11 bits per heavy atom. The first kappa shape index (κ1) is 24.3. The Hall–Kier alpha value is -2.06. The molecule has 0 aromatic rings. The maximum absolute atomic E-state index is 13.7. The summed E-state index contributed by atoms with van der Waals surface area (Å²) in [4.78, 5) is 54.3. The molecule has 8 heteroatoms. The van der Waals surface area contributed by atoms with Gasteiger partial charge in [0.25, 0.3) is 0 Å². The van der Waals surface area contributed by atoms with Crippen LogP contribution >= 0.6 is 0 Å². The predicted molar refractivity (Wildman–Crippen MR) is 127 cm³/mol. The minimum Gasteiger partial charge on any atom is -0.457 e. The molecule has 8 fully saturated rings. The fraction of sp³-hybridized carbons (Fsp3) is 0.786. The maximum Gasteiger partial charge on any atom is 0.309 e. The average Bonchev–Trinajstić information content (AvgIpc) is 2.81. The summed E-state index contributed by atoms with van der Waals surface area (Å²) in [5.74, 6) is -1.21. The van der Waals surface area contributed by atoms with Gasteiger partial charge >= 0.3 is 11.9 Å². The first-order valence-corrected chi connectivity index (χ1v) is 13.4. The molecule has 0 N–H and O–H groups in total. The van der Waals surface area contributed by atoms with Crippen LogP contribution in [0.25, 0.3) is 0 Å². The smallest absolute Gasteiger partial charge is 0.309 e. The summed E-state index contributed by atoms with van der Waals surface area (Å²) in [6, 6.07) is 0. The summed E-state index contributed by atoms with van der Waals surface area (Å²) in [6.07, 6.45) is 0.474. The molecule has 5 aliphatic carbocycles. The van der Waals surface area contributed by atoms with Crippen molar-refractivity contribution in [2.45, 2.75) is 84.3 Å². The lowest BCUT2D eigenvalue weighted by Crippen LogP contribution is -2.85. The second-order valence-corrected chi connectivity index (χ2v) is 12.7. The number of likely N-dealkylation sites (tertiary alicyclic amines) is 1. The molecule has 8 aliphatic rings. The minimum atomic E-state index is -0.791. The third kappa shape index (κ3) is 2.67. The minimum absolute atomic E-state index is 0.0280. The van der Waals surface area contributed by atoms with E-state index < -0.39 is 34.4 Å². The van der Waals surface area contributed by atoms with Gasteiger partial charge in [-0.2, -0.15) is 0 Å². The second kappa shape index (κ2) is 7.50. The number of carbonyl (C=O) groups excluding carboxylic acids is 4. The Kier molecular flexibility index (Phi) is 5.06. The highest BCUT2D eigenvalue weighted by Gasteiger charge is 2.82. The molecule has 5 saturated carbocycles. The van der Waals surface area contributed by atoms with Crippen molar-refractivity contribution in [1.29, 1.82) is 0 Å². The lowest BCUT2D eigenvalue weighted by atomic mass is 9.32. The van der Waals surface area contributed by atoms with Crippen LogP contribution in [0.4, 0.5) is 0 Å². The monoisotopic (exact) mass is 499 g/mol. The van der Waals surface area contributed by atoms with E-state index in [4.69, 9.17) is 14.2 Å². The number of rotatable bonds is 4. The van der Waals surface area contributed by atoms with E-state index in [-0.39, 0.29) is 66.4 Å². The normalized spacial score (nSPS) is 49.5. The molecule has 196 valence electrons. The van der Waals surface area contributed by atoms with Crippen molar-refractivity contribution in [3.05, 3.63) is 12.2 Å². The summed E-state index contributed by atoms with van der Waals surface area (Å²) in [5, 5.41) is 0. The lowest BCUT2D eigenvalue weighted by Gasteiger charge is -2.79. The van der Waals surface area contributed by atoms with Crippen LogP contribution in [0.2, 0.25) is 0 Å². The Labute approximate surface area is 212 Å². The molecule has 8 rings (SSSR count). The molecule has 0 radical (unpaired) electrons. The van der Waals surface area contributed by atoms with Crippen molar-refractivity contribution < 1.29 is 33.4 Å². The number of fused-ring (bicyclic) bond motifs is 2. The van der Waals surface area contributed by atoms with Crippen LogP contribution in [0.15, 0.2) is 12.2 Å². The highest BCUT2D eigenvalue weighted by molar-refractivity contribution is 5.90. The number of carbonyl (C=O) groups is 4. The van der Waals surface area contributed by atoms with Crippen LogP contribution in [-0.2, 0) is 33.4 Å². The zero-order valence-corrected chi connectivity index (χ0v) is 21.9. The van der Waals surface area contributed by atoms with Gasteiger partial charge in [-0.25, -0.2) is 0 Å². The van der Waals surface area contributed by atoms with E-state index in [0.29, 0.717) is 31.4 Å². The second-order valence-electron chi connectivity index (χ2n) is 12.7. The maximum atomic E-state index is 13.7. The van der Waals surface area contributed by atoms with Gasteiger partial charge in [0, 0.05) is 48.5 Å². The number of ether oxygens (including phenoxy) is 3. The van der Waals surface area contributed by atoms with Gasteiger partial charge in [-0.3, -0.25) is 24.1 Å². The molecule has 0 aromatic heterocycles. The van der Waals surface area contributed by atoms with E-state index in [2.05, 4.69) is 18.4 Å². The van der Waals surface area contributed by atoms with Gasteiger partial charge in [0.2, 0.25) is 0 Å². The predicted octanol–water partition coefficient (Wildman–Crippen LogP) is 2.68. The summed E-state index contributed by atoms with van der Waals surface area (Å²) in [7, 11) is 2.01. The summed E-state index contributed by atoms with van der Waals surface area (Å²) in [6.45, 7) is 12.1. The van der Waals surface area contributed by atoms with Crippen LogP contribution in [-0.4, -0.2) is 66.5 Å². The fourth-order valence-corrected chi connectivity index (χ4v) is 9.67. The van der Waals surface area contributed by atoms with E-state index in [9.17, 15) is 19.2 Å². The number of esters is 2. The standard InChI is InChI=1S/C28H37NO7/c1-7-13(2)24(33)36-22-14(3)16-8-20-27-11-18(32)23(34-15(4)30)26(5)12-29(6)25(27)35-21(9-19(26)27)28(20,22)10-17(16)31/h13,16,19-23,25H,3,7-12H2,1-2,4-6H3/t13-,16-,19+,20-,21+,22-,23+,25-,26-,27-,28+/m0/s1. The van der Waals surface area contributed by atoms with E-state index in [0.717, 1.165) is 0 Å². The number of hydrogen-bond acceptors (Lipinski definition) is 8. The largest absolute Gasteiger partial charge is 0.457 e. The topological polar surface area (TPSA) is 99.2 Å². The molecule has 2 spiro atoms. The molecule has 3 heterocycles. The molecular formula is C28H37NO7. The van der Waals surface area contributed by atoms with Crippen molar-refractivity contribution in [2.24, 2.45) is 39.9 Å². The fourth-order valence-electron chi connectivity index (χ4n) is 9.67. The third-order valence-corrected chi connectivity index (χ3v) is 11.1. The summed E-state index contributed by atoms with van der Waals surface area (Å²) >= 11 is 0. The zero-order chi connectivity index (χ0) is 25.9. The Balaban J connectivity index is 1.49. The highest BCUT2D eigenvalue weighted by Crippen LogP contribution is 2.77. The van der Waals surface area contributed by atoms with Crippen molar-refractivity contribution in [3.63, 3.8) is 0 Å². The summed E-state index contributed by atoms with van der Waals surface area (Å²) in [5.41, 5.74) is -1.12. The lowest BCUT2D eigenvalue weighted by molar-refractivity contribution is -0.398. The number of ketones is 2. The highest BCUT2D eigenvalue weighted by atomic mass is 16.6. The van der Waals surface area contributed by atoms with Gasteiger partial charge < -0.3 is 14.2 Å².